The molecule has 5 aromatic rings. The molecule has 0 saturated carbocycles. The second-order valence-corrected chi connectivity index (χ2v) is 14.3. The number of rotatable bonds is 10. The number of hydrogen-bond acceptors (Lipinski definition) is 2. The highest BCUT2D eigenvalue weighted by molar-refractivity contribution is 6.06. The lowest BCUT2D eigenvalue weighted by Gasteiger charge is -2.12. The van der Waals surface area contributed by atoms with Crippen molar-refractivity contribution in [2.45, 2.75) is 107 Å². The summed E-state index contributed by atoms with van der Waals surface area (Å²) in [5, 5.41) is 0. The molecule has 2 aromatic carbocycles. The van der Waals surface area contributed by atoms with Crippen molar-refractivity contribution >= 4 is 44.4 Å². The topological polar surface area (TPSA) is 57.4 Å². The minimum absolute atomic E-state index is 0.861. The largest absolute Gasteiger partial charge is 0.355 e. The summed E-state index contributed by atoms with van der Waals surface area (Å²) in [5.74, 6) is 2.83. The van der Waals surface area contributed by atoms with Crippen LogP contribution in [0.1, 0.15) is 132 Å². The van der Waals surface area contributed by atoms with Crippen LogP contribution in [0.5, 0.6) is 0 Å². The van der Waals surface area contributed by atoms with Crippen LogP contribution in [0, 0.1) is 12.3 Å². The SMILES string of the molecule is C#Cc1ccc(-c2c3nc(c(-c4ccccc4)c4nc(cc5[nH]c(cc6[nH]c2c(CC)c6CC)c(CC)c5CC)C(CC)=C4CC)C(CC)=C3CC)cc1. The Morgan fingerprint density at radius 2 is 0.963 bits per heavy atom. The maximum Gasteiger partial charge on any atom is 0.0772 e. The highest BCUT2D eigenvalue weighted by Gasteiger charge is 2.30. The van der Waals surface area contributed by atoms with E-state index >= 15 is 0 Å². The van der Waals surface area contributed by atoms with Gasteiger partial charge < -0.3 is 9.97 Å². The molecule has 7 rings (SSSR count). The third-order valence-corrected chi connectivity index (χ3v) is 11.6. The van der Waals surface area contributed by atoms with Crippen LogP contribution in [0.15, 0.2) is 66.7 Å². The number of nitrogens with zero attached hydrogens (tertiary/aromatic N) is 2. The number of fused-ring (bicyclic) bond motifs is 8. The van der Waals surface area contributed by atoms with Crippen LogP contribution < -0.4 is 0 Å². The molecule has 5 heterocycles. The summed E-state index contributed by atoms with van der Waals surface area (Å²) >= 11 is 0. The van der Waals surface area contributed by atoms with Crippen LogP contribution in [-0.4, -0.2) is 19.9 Å². The third-order valence-electron chi connectivity index (χ3n) is 11.6. The lowest BCUT2D eigenvalue weighted by molar-refractivity contribution is 1.07. The van der Waals surface area contributed by atoms with Gasteiger partial charge >= 0.3 is 0 Å². The Kier molecular flexibility index (Phi) is 10.6. The number of H-pyrrole nitrogens is 2. The van der Waals surface area contributed by atoms with Crippen molar-refractivity contribution in [2.24, 2.45) is 0 Å². The standard InChI is InChI=1S/C50H54N4/c1-10-30-24-26-32(27-25-30)46-48-38(16-7)36(14-5)44(53-48)29-42-34(12-3)33(11-2)41(51-42)28-43-35(13-4)37(15-6)47(52-43)45(31-22-20-19-21-23-31)49-39(17-8)40(18-9)50(46)54-49/h1,19-29,51,53H,11-18H2,2-9H3. The highest BCUT2D eigenvalue weighted by Crippen LogP contribution is 2.47. The molecule has 2 aliphatic heterocycles. The molecule has 54 heavy (non-hydrogen) atoms. The van der Waals surface area contributed by atoms with E-state index in [4.69, 9.17) is 16.4 Å². The number of aryl methyl sites for hydroxylation is 4. The molecule has 0 spiro atoms. The lowest BCUT2D eigenvalue weighted by atomic mass is 9.89. The predicted octanol–water partition coefficient (Wildman–Crippen LogP) is 13.3. The fourth-order valence-corrected chi connectivity index (χ4v) is 9.17. The summed E-state index contributed by atoms with van der Waals surface area (Å²) in [4.78, 5) is 19.4. The smallest absolute Gasteiger partial charge is 0.0772 e. The fourth-order valence-electron chi connectivity index (χ4n) is 9.17. The molecule has 0 unspecified atom stereocenters. The van der Waals surface area contributed by atoms with Crippen molar-refractivity contribution in [3.05, 3.63) is 117 Å². The second-order valence-electron chi connectivity index (χ2n) is 14.3. The first-order chi connectivity index (χ1) is 26.4. The number of aromatic nitrogens is 4. The van der Waals surface area contributed by atoms with E-state index in [1.807, 2.05) is 0 Å². The molecule has 0 amide bonds. The molecule has 0 saturated heterocycles. The van der Waals surface area contributed by atoms with E-state index in [1.165, 1.54) is 50.1 Å². The quantitative estimate of drug-likeness (QED) is 0.142. The summed E-state index contributed by atoms with van der Waals surface area (Å²) in [7, 11) is 0. The van der Waals surface area contributed by atoms with E-state index in [2.05, 4.69) is 138 Å². The van der Waals surface area contributed by atoms with Crippen molar-refractivity contribution < 1.29 is 0 Å². The normalized spacial score (nSPS) is 12.9. The van der Waals surface area contributed by atoms with Gasteiger partial charge in [0.25, 0.3) is 0 Å². The molecular weight excluding hydrogens is 657 g/mol. The van der Waals surface area contributed by atoms with E-state index in [9.17, 15) is 0 Å². The van der Waals surface area contributed by atoms with Crippen molar-refractivity contribution in [3.8, 4) is 34.6 Å². The number of terminal acetylenes is 1. The van der Waals surface area contributed by atoms with Gasteiger partial charge in [0.1, 0.15) is 0 Å². The average Bonchev–Trinajstić information content (AvgIpc) is 3.94. The number of benzene rings is 2. The minimum atomic E-state index is 0.861. The van der Waals surface area contributed by atoms with Crippen molar-refractivity contribution in [1.82, 2.24) is 19.9 Å². The molecule has 2 aliphatic rings. The van der Waals surface area contributed by atoms with Gasteiger partial charge in [-0.1, -0.05) is 104 Å². The van der Waals surface area contributed by atoms with Crippen LogP contribution in [0.2, 0.25) is 0 Å². The van der Waals surface area contributed by atoms with Gasteiger partial charge in [-0.2, -0.15) is 0 Å². The minimum Gasteiger partial charge on any atom is -0.355 e. The van der Waals surface area contributed by atoms with Crippen LogP contribution in [0.25, 0.3) is 66.6 Å². The Morgan fingerprint density at radius 1 is 0.481 bits per heavy atom. The van der Waals surface area contributed by atoms with E-state index < -0.39 is 0 Å². The zero-order chi connectivity index (χ0) is 38.1. The summed E-state index contributed by atoms with van der Waals surface area (Å²) in [6.45, 7) is 18.2. The molecule has 8 bridgehead atoms. The van der Waals surface area contributed by atoms with Crippen molar-refractivity contribution in [2.75, 3.05) is 0 Å². The van der Waals surface area contributed by atoms with Gasteiger partial charge in [0.15, 0.2) is 0 Å². The van der Waals surface area contributed by atoms with Crippen molar-refractivity contribution in [3.63, 3.8) is 0 Å². The van der Waals surface area contributed by atoms with E-state index in [0.29, 0.717) is 0 Å². The van der Waals surface area contributed by atoms with Gasteiger partial charge in [-0.3, -0.25) is 0 Å². The maximum absolute atomic E-state index is 5.88. The Hall–Kier alpha value is -5.40. The second kappa shape index (κ2) is 15.5. The van der Waals surface area contributed by atoms with Crippen LogP contribution >= 0.6 is 0 Å². The van der Waals surface area contributed by atoms with Crippen LogP contribution in [0.4, 0.5) is 0 Å². The summed E-state index contributed by atoms with van der Waals surface area (Å²) in [6, 6.07) is 24.0. The number of hydrogen-bond donors (Lipinski definition) is 2. The van der Waals surface area contributed by atoms with Crippen LogP contribution in [-0.2, 0) is 25.7 Å². The Labute approximate surface area is 321 Å². The number of allylic oxidation sites excluding steroid dienone is 4. The first-order valence-electron chi connectivity index (χ1n) is 20.3. The number of aromatic amines is 2. The Bertz CT molecular complexity index is 2510. The molecule has 0 radical (unpaired) electrons. The molecule has 4 heteroatoms. The molecule has 2 N–H and O–H groups in total. The van der Waals surface area contributed by atoms with Gasteiger partial charge in [0.05, 0.1) is 28.3 Å². The fraction of sp³-hybridized carbons (Fsp3) is 0.320. The predicted molar refractivity (Wildman–Crippen MR) is 232 cm³/mol. The van der Waals surface area contributed by atoms with Gasteiger partial charge in [0, 0.05) is 33.2 Å². The molecule has 0 atom stereocenters. The Morgan fingerprint density at radius 3 is 1.52 bits per heavy atom. The average molecular weight is 711 g/mol. The molecule has 274 valence electrons. The molecular formula is C50H54N4. The maximum atomic E-state index is 5.88. The van der Waals surface area contributed by atoms with E-state index in [-0.39, 0.29) is 0 Å². The van der Waals surface area contributed by atoms with Crippen LogP contribution in [0.3, 0.4) is 0 Å². The van der Waals surface area contributed by atoms with Crippen molar-refractivity contribution in [1.29, 1.82) is 0 Å². The zero-order valence-electron chi connectivity index (χ0n) is 33.5. The Balaban J connectivity index is 1.84. The van der Waals surface area contributed by atoms with Gasteiger partial charge in [-0.05, 0) is 131 Å². The third kappa shape index (κ3) is 6.05. The van der Waals surface area contributed by atoms with Gasteiger partial charge in [0.2, 0.25) is 0 Å². The molecule has 4 nitrogen and oxygen atoms in total. The van der Waals surface area contributed by atoms with Gasteiger partial charge in [-0.25, -0.2) is 9.97 Å². The summed E-state index contributed by atoms with van der Waals surface area (Å²) in [5.41, 5.74) is 24.9. The lowest BCUT2D eigenvalue weighted by Crippen LogP contribution is -1.95. The molecule has 0 aliphatic carbocycles. The zero-order valence-corrected chi connectivity index (χ0v) is 33.5. The number of nitrogens with one attached hydrogen (secondary N) is 2. The summed E-state index contributed by atoms with van der Waals surface area (Å²) in [6.07, 6.45) is 13.1. The first-order valence-corrected chi connectivity index (χ1v) is 20.3. The molecule has 0 fully saturated rings. The van der Waals surface area contributed by atoms with Gasteiger partial charge in [-0.15, -0.1) is 6.42 Å². The summed E-state index contributed by atoms with van der Waals surface area (Å²) < 4.78 is 0. The first kappa shape index (κ1) is 36.9. The van der Waals surface area contributed by atoms with E-state index in [0.717, 1.165) is 119 Å². The van der Waals surface area contributed by atoms with E-state index in [1.54, 1.807) is 0 Å². The highest BCUT2D eigenvalue weighted by atomic mass is 14.8. The monoisotopic (exact) mass is 710 g/mol. The molecule has 3 aromatic heterocycles.